The number of rotatable bonds is 8. The second-order valence-corrected chi connectivity index (χ2v) is 5.51. The lowest BCUT2D eigenvalue weighted by Gasteiger charge is -2.19. The first-order valence-electron chi connectivity index (χ1n) is 6.05. The summed E-state index contributed by atoms with van der Waals surface area (Å²) in [5, 5.41) is 9.60. The van der Waals surface area contributed by atoms with Gasteiger partial charge in [-0.1, -0.05) is 17.7 Å². The number of thioether (sulfide) groups is 1. The van der Waals surface area contributed by atoms with Crippen LogP contribution in [-0.2, 0) is 4.79 Å². The Hall–Kier alpha value is -0.970. The molecule has 1 aromatic rings. The van der Waals surface area contributed by atoms with E-state index in [1.807, 2.05) is 24.3 Å². The van der Waals surface area contributed by atoms with E-state index < -0.39 is 0 Å². The molecule has 0 aromatic heterocycles. The Labute approximate surface area is 123 Å². The molecule has 1 N–H and O–H groups in total. The molecule has 0 atom stereocenters. The number of halogens is 1. The van der Waals surface area contributed by atoms with Crippen molar-refractivity contribution in [3.05, 3.63) is 41.9 Å². The van der Waals surface area contributed by atoms with Gasteiger partial charge in [0.05, 0.1) is 6.61 Å². The van der Waals surface area contributed by atoms with Gasteiger partial charge in [-0.05, 0) is 24.3 Å². The third kappa shape index (κ3) is 6.14. The van der Waals surface area contributed by atoms with Crippen LogP contribution in [0.1, 0.15) is 6.42 Å². The highest BCUT2D eigenvalue weighted by Crippen LogP contribution is 2.21. The Morgan fingerprint density at radius 3 is 2.68 bits per heavy atom. The maximum atomic E-state index is 11.9. The van der Waals surface area contributed by atoms with Gasteiger partial charge in [0, 0.05) is 35.2 Å². The van der Waals surface area contributed by atoms with Crippen molar-refractivity contribution in [1.82, 2.24) is 4.90 Å². The Morgan fingerprint density at radius 1 is 1.42 bits per heavy atom. The van der Waals surface area contributed by atoms with Crippen molar-refractivity contribution in [3.8, 4) is 0 Å². The summed E-state index contributed by atoms with van der Waals surface area (Å²) >= 11 is 7.42. The van der Waals surface area contributed by atoms with Crippen LogP contribution >= 0.6 is 23.4 Å². The van der Waals surface area contributed by atoms with E-state index in [0.29, 0.717) is 30.3 Å². The number of hydrogen-bond acceptors (Lipinski definition) is 3. The van der Waals surface area contributed by atoms with Gasteiger partial charge in [-0.25, -0.2) is 0 Å². The molecular formula is C14H18ClNO2S. The molecule has 0 saturated carbocycles. The molecular weight excluding hydrogens is 282 g/mol. The fraction of sp³-hybridized carbons (Fsp3) is 0.357. The van der Waals surface area contributed by atoms with Crippen molar-refractivity contribution in [3.63, 3.8) is 0 Å². The number of benzene rings is 1. The van der Waals surface area contributed by atoms with E-state index >= 15 is 0 Å². The Morgan fingerprint density at radius 2 is 2.11 bits per heavy atom. The number of aliphatic hydroxyl groups excluding tert-OH is 1. The van der Waals surface area contributed by atoms with Gasteiger partial charge < -0.3 is 10.0 Å². The van der Waals surface area contributed by atoms with E-state index in [2.05, 4.69) is 6.58 Å². The monoisotopic (exact) mass is 299 g/mol. The Bertz CT molecular complexity index is 408. The SMILES string of the molecule is C=CCN(CCO)C(=O)CCSc1ccc(Cl)cc1. The molecule has 1 aromatic carbocycles. The lowest BCUT2D eigenvalue weighted by molar-refractivity contribution is -0.130. The summed E-state index contributed by atoms with van der Waals surface area (Å²) in [6.07, 6.45) is 2.11. The van der Waals surface area contributed by atoms with Gasteiger partial charge in [0.1, 0.15) is 0 Å². The van der Waals surface area contributed by atoms with Crippen molar-refractivity contribution >= 4 is 29.3 Å². The maximum Gasteiger partial charge on any atom is 0.223 e. The van der Waals surface area contributed by atoms with Gasteiger partial charge in [-0.3, -0.25) is 4.79 Å². The minimum absolute atomic E-state index is 0.0239. The van der Waals surface area contributed by atoms with Crippen molar-refractivity contribution in [2.75, 3.05) is 25.4 Å². The quantitative estimate of drug-likeness (QED) is 0.593. The van der Waals surface area contributed by atoms with Crippen molar-refractivity contribution in [1.29, 1.82) is 0 Å². The maximum absolute atomic E-state index is 11.9. The Kier molecular flexibility index (Phi) is 7.63. The van der Waals surface area contributed by atoms with Crippen LogP contribution < -0.4 is 0 Å². The topological polar surface area (TPSA) is 40.5 Å². The number of carbonyl (C=O) groups is 1. The first-order chi connectivity index (χ1) is 9.17. The summed E-state index contributed by atoms with van der Waals surface area (Å²) in [5.41, 5.74) is 0. The number of amides is 1. The highest BCUT2D eigenvalue weighted by atomic mass is 35.5. The van der Waals surface area contributed by atoms with Crippen LogP contribution in [0.3, 0.4) is 0 Å². The normalized spacial score (nSPS) is 10.2. The smallest absolute Gasteiger partial charge is 0.223 e. The van der Waals surface area contributed by atoms with E-state index in [0.717, 1.165) is 4.90 Å². The van der Waals surface area contributed by atoms with Gasteiger partial charge in [0.2, 0.25) is 5.91 Å². The molecule has 0 radical (unpaired) electrons. The third-order valence-corrected chi connectivity index (χ3v) is 3.74. The first kappa shape index (κ1) is 16.1. The van der Waals surface area contributed by atoms with Crippen molar-refractivity contribution < 1.29 is 9.90 Å². The highest BCUT2D eigenvalue weighted by molar-refractivity contribution is 7.99. The molecule has 0 unspecified atom stereocenters. The van der Waals surface area contributed by atoms with Crippen LogP contribution in [0, 0.1) is 0 Å². The zero-order valence-electron chi connectivity index (χ0n) is 10.7. The van der Waals surface area contributed by atoms with Crippen LogP contribution in [0.15, 0.2) is 41.8 Å². The molecule has 0 bridgehead atoms. The number of carbonyl (C=O) groups excluding carboxylic acids is 1. The second-order valence-electron chi connectivity index (χ2n) is 3.90. The van der Waals surface area contributed by atoms with E-state index in [4.69, 9.17) is 16.7 Å². The zero-order valence-corrected chi connectivity index (χ0v) is 12.3. The molecule has 1 rings (SSSR count). The molecule has 3 nitrogen and oxygen atoms in total. The third-order valence-electron chi connectivity index (χ3n) is 2.47. The lowest BCUT2D eigenvalue weighted by atomic mass is 10.3. The molecule has 1 amide bonds. The zero-order chi connectivity index (χ0) is 14.1. The summed E-state index contributed by atoms with van der Waals surface area (Å²) < 4.78 is 0. The summed E-state index contributed by atoms with van der Waals surface area (Å²) in [6.45, 7) is 4.42. The summed E-state index contributed by atoms with van der Waals surface area (Å²) in [5.74, 6) is 0.745. The summed E-state index contributed by atoms with van der Waals surface area (Å²) in [7, 11) is 0. The van der Waals surface area contributed by atoms with Crippen LogP contribution in [0.4, 0.5) is 0 Å². The van der Waals surface area contributed by atoms with Crippen LogP contribution in [0.2, 0.25) is 5.02 Å². The molecule has 0 fully saturated rings. The van der Waals surface area contributed by atoms with Gasteiger partial charge in [0.25, 0.3) is 0 Å². The molecule has 104 valence electrons. The molecule has 0 heterocycles. The largest absolute Gasteiger partial charge is 0.395 e. The fourth-order valence-corrected chi connectivity index (χ4v) is 2.51. The average Bonchev–Trinajstić information content (AvgIpc) is 2.40. The second kappa shape index (κ2) is 9.02. The predicted molar refractivity (Wildman–Crippen MR) is 80.7 cm³/mol. The molecule has 0 aliphatic rings. The average molecular weight is 300 g/mol. The predicted octanol–water partition coefficient (Wildman–Crippen LogP) is 2.83. The fourth-order valence-electron chi connectivity index (χ4n) is 1.54. The summed E-state index contributed by atoms with van der Waals surface area (Å²) in [4.78, 5) is 14.6. The van der Waals surface area contributed by atoms with E-state index in [1.54, 1.807) is 22.7 Å². The minimum Gasteiger partial charge on any atom is -0.395 e. The summed E-state index contributed by atoms with van der Waals surface area (Å²) in [6, 6.07) is 7.54. The standard InChI is InChI=1S/C14H18ClNO2S/c1-2-8-16(9-10-17)14(18)7-11-19-13-5-3-12(15)4-6-13/h2-6,17H,1,7-11H2. The van der Waals surface area contributed by atoms with Gasteiger partial charge in [-0.2, -0.15) is 0 Å². The van der Waals surface area contributed by atoms with E-state index in [9.17, 15) is 4.79 Å². The van der Waals surface area contributed by atoms with Crippen LogP contribution in [0.5, 0.6) is 0 Å². The van der Waals surface area contributed by atoms with Gasteiger partial charge in [-0.15, -0.1) is 18.3 Å². The van der Waals surface area contributed by atoms with E-state index in [-0.39, 0.29) is 12.5 Å². The van der Waals surface area contributed by atoms with Crippen molar-refractivity contribution in [2.24, 2.45) is 0 Å². The van der Waals surface area contributed by atoms with Crippen LogP contribution in [-0.4, -0.2) is 41.4 Å². The number of nitrogens with zero attached hydrogens (tertiary/aromatic N) is 1. The highest BCUT2D eigenvalue weighted by Gasteiger charge is 2.11. The molecule has 0 aliphatic carbocycles. The Balaban J connectivity index is 2.36. The van der Waals surface area contributed by atoms with Crippen LogP contribution in [0.25, 0.3) is 0 Å². The van der Waals surface area contributed by atoms with Crippen molar-refractivity contribution in [2.45, 2.75) is 11.3 Å². The molecule has 0 spiro atoms. The first-order valence-corrected chi connectivity index (χ1v) is 7.41. The lowest BCUT2D eigenvalue weighted by Crippen LogP contribution is -2.33. The van der Waals surface area contributed by atoms with Gasteiger partial charge in [0.15, 0.2) is 0 Å². The minimum atomic E-state index is -0.0239. The molecule has 5 heteroatoms. The molecule has 0 saturated heterocycles. The van der Waals surface area contributed by atoms with E-state index in [1.165, 1.54) is 0 Å². The molecule has 0 aliphatic heterocycles. The number of hydrogen-bond donors (Lipinski definition) is 1. The molecule has 19 heavy (non-hydrogen) atoms. The van der Waals surface area contributed by atoms with Gasteiger partial charge >= 0.3 is 0 Å². The number of aliphatic hydroxyl groups is 1.